The van der Waals surface area contributed by atoms with Crippen LogP contribution in [0.4, 0.5) is 5.69 Å². The lowest BCUT2D eigenvalue weighted by molar-refractivity contribution is -0.137. The van der Waals surface area contributed by atoms with Crippen LogP contribution in [0, 0.1) is 0 Å². The summed E-state index contributed by atoms with van der Waals surface area (Å²) >= 11 is 10.1. The number of aliphatic carboxylic acids is 1. The van der Waals surface area contributed by atoms with Crippen LogP contribution >= 0.6 is 39.9 Å². The average Bonchev–Trinajstić information content (AvgIpc) is 2.97. The van der Waals surface area contributed by atoms with Crippen molar-refractivity contribution < 1.29 is 24.2 Å². The van der Waals surface area contributed by atoms with Crippen LogP contribution in [-0.4, -0.2) is 34.5 Å². The van der Waals surface area contributed by atoms with Gasteiger partial charge < -0.3 is 14.6 Å². The smallest absolute Gasteiger partial charge is 0.306 e. The van der Waals surface area contributed by atoms with Gasteiger partial charge in [0.1, 0.15) is 0 Å². The van der Waals surface area contributed by atoms with Crippen LogP contribution in [0.25, 0.3) is 6.08 Å². The van der Waals surface area contributed by atoms with Crippen molar-refractivity contribution in [2.75, 3.05) is 18.1 Å². The molecule has 0 saturated carbocycles. The highest BCUT2D eigenvalue weighted by Crippen LogP contribution is 2.39. The second kappa shape index (κ2) is 10.1. The molecule has 0 radical (unpaired) electrons. The summed E-state index contributed by atoms with van der Waals surface area (Å²) in [7, 11) is 0. The third-order valence-electron chi connectivity index (χ3n) is 4.03. The number of rotatable bonds is 8. The van der Waals surface area contributed by atoms with E-state index in [9.17, 15) is 9.59 Å². The highest BCUT2D eigenvalue weighted by molar-refractivity contribution is 9.10. The Balaban J connectivity index is 1.84. The zero-order valence-electron chi connectivity index (χ0n) is 16.0. The lowest BCUT2D eigenvalue weighted by Crippen LogP contribution is -2.27. The van der Waals surface area contributed by atoms with Gasteiger partial charge in [0.2, 0.25) is 0 Å². The van der Waals surface area contributed by atoms with Crippen molar-refractivity contribution in [1.82, 2.24) is 0 Å². The van der Waals surface area contributed by atoms with E-state index in [4.69, 9.17) is 26.8 Å². The molecule has 3 rings (SSSR count). The van der Waals surface area contributed by atoms with Crippen molar-refractivity contribution in [1.29, 1.82) is 0 Å². The summed E-state index contributed by atoms with van der Waals surface area (Å²) in [5.74, 6) is -0.192. The zero-order chi connectivity index (χ0) is 21.7. The third kappa shape index (κ3) is 5.21. The summed E-state index contributed by atoms with van der Waals surface area (Å²) in [6.45, 7) is 2.30. The van der Waals surface area contributed by atoms with E-state index < -0.39 is 5.97 Å². The first-order valence-corrected chi connectivity index (χ1v) is 11.1. The number of benzene rings is 2. The number of hydrogen-bond donors (Lipinski definition) is 1. The van der Waals surface area contributed by atoms with Gasteiger partial charge in [-0.15, -0.1) is 0 Å². The number of amides is 1. The molecule has 0 aliphatic carbocycles. The number of carboxylic acids is 1. The molecule has 1 N–H and O–H groups in total. The van der Waals surface area contributed by atoms with Gasteiger partial charge in [-0.1, -0.05) is 42.2 Å². The van der Waals surface area contributed by atoms with E-state index in [2.05, 4.69) is 15.9 Å². The second-order valence-electron chi connectivity index (χ2n) is 6.10. The first kappa shape index (κ1) is 22.3. The number of halogens is 1. The Morgan fingerprint density at radius 1 is 1.23 bits per heavy atom. The Morgan fingerprint density at radius 2 is 2.00 bits per heavy atom. The summed E-state index contributed by atoms with van der Waals surface area (Å²) in [5.41, 5.74) is 1.44. The van der Waals surface area contributed by atoms with Crippen LogP contribution < -0.4 is 14.4 Å². The molecule has 1 aliphatic heterocycles. The fourth-order valence-corrected chi connectivity index (χ4v) is 4.46. The normalized spacial score (nSPS) is 15.0. The minimum Gasteiger partial charge on any atom is -0.490 e. The van der Waals surface area contributed by atoms with Crippen LogP contribution in [0.2, 0.25) is 0 Å². The van der Waals surface area contributed by atoms with Gasteiger partial charge in [0.15, 0.2) is 15.8 Å². The number of anilines is 1. The van der Waals surface area contributed by atoms with Gasteiger partial charge >= 0.3 is 5.97 Å². The maximum atomic E-state index is 13.0. The van der Waals surface area contributed by atoms with Crippen LogP contribution in [0.15, 0.2) is 51.8 Å². The Labute approximate surface area is 192 Å². The maximum Gasteiger partial charge on any atom is 0.306 e. The number of thiocarbonyl (C=S) groups is 1. The van der Waals surface area contributed by atoms with Gasteiger partial charge in [0.05, 0.1) is 30.2 Å². The van der Waals surface area contributed by atoms with Gasteiger partial charge in [-0.25, -0.2) is 0 Å². The number of thioether (sulfide) groups is 1. The molecule has 30 heavy (non-hydrogen) atoms. The number of hydrogen-bond acceptors (Lipinski definition) is 6. The number of carbonyl (C=O) groups excluding carboxylic acids is 1. The minimum absolute atomic E-state index is 0.0410. The minimum atomic E-state index is -0.934. The van der Waals surface area contributed by atoms with Crippen molar-refractivity contribution in [2.45, 2.75) is 13.3 Å². The molecule has 1 aliphatic rings. The molecular formula is C21H18BrNO5S2. The van der Waals surface area contributed by atoms with E-state index in [0.29, 0.717) is 33.0 Å². The molecule has 6 nitrogen and oxygen atoms in total. The summed E-state index contributed by atoms with van der Waals surface area (Å²) in [6, 6.07) is 12.6. The molecule has 0 unspecified atom stereocenters. The molecule has 0 aromatic heterocycles. The standard InChI is InChI=1S/C21H18BrNO5S2/c1-2-27-17-11-13(7-8-16(17)28-10-9-19(24)25)12-18-20(26)23(21(29)30-18)15-6-4-3-5-14(15)22/h3-8,11-12H,2,9-10H2,1H3,(H,24,25)/b18-12+. The van der Waals surface area contributed by atoms with E-state index in [1.54, 1.807) is 24.3 Å². The van der Waals surface area contributed by atoms with E-state index in [-0.39, 0.29) is 18.9 Å². The summed E-state index contributed by atoms with van der Waals surface area (Å²) in [5, 5.41) is 8.76. The third-order valence-corrected chi connectivity index (χ3v) is 6.00. The topological polar surface area (TPSA) is 76.1 Å². The van der Waals surface area contributed by atoms with Gasteiger partial charge in [-0.3, -0.25) is 14.5 Å². The fraction of sp³-hybridized carbons (Fsp3) is 0.190. The van der Waals surface area contributed by atoms with E-state index in [1.807, 2.05) is 31.2 Å². The lowest BCUT2D eigenvalue weighted by atomic mass is 10.1. The number of nitrogens with zero attached hydrogens (tertiary/aromatic N) is 1. The van der Waals surface area contributed by atoms with E-state index in [0.717, 1.165) is 10.0 Å². The molecule has 0 atom stereocenters. The fourth-order valence-electron chi connectivity index (χ4n) is 2.71. The van der Waals surface area contributed by atoms with Crippen LogP contribution in [0.3, 0.4) is 0 Å². The Morgan fingerprint density at radius 3 is 2.70 bits per heavy atom. The van der Waals surface area contributed by atoms with Crippen molar-refractivity contribution in [3.05, 3.63) is 57.4 Å². The number of carboxylic acid groups (broad SMARTS) is 1. The largest absolute Gasteiger partial charge is 0.490 e. The maximum absolute atomic E-state index is 13.0. The molecule has 1 amide bonds. The lowest BCUT2D eigenvalue weighted by Gasteiger charge is -2.16. The predicted octanol–water partition coefficient (Wildman–Crippen LogP) is 5.11. The zero-order valence-corrected chi connectivity index (χ0v) is 19.2. The Kier molecular flexibility index (Phi) is 7.52. The molecule has 2 aromatic rings. The first-order chi connectivity index (χ1) is 14.4. The molecule has 0 spiro atoms. The average molecular weight is 508 g/mol. The Hall–Kier alpha value is -2.36. The number of carbonyl (C=O) groups is 2. The SMILES string of the molecule is CCOc1cc(/C=C2/SC(=S)N(c3ccccc3Br)C2=O)ccc1OCCC(=O)O. The molecule has 1 fully saturated rings. The monoisotopic (exact) mass is 507 g/mol. The first-order valence-electron chi connectivity index (χ1n) is 9.04. The van der Waals surface area contributed by atoms with Crippen LogP contribution in [-0.2, 0) is 9.59 Å². The quantitative estimate of drug-likeness (QED) is 0.393. The van der Waals surface area contributed by atoms with Gasteiger partial charge in [-0.05, 0) is 58.8 Å². The molecule has 1 heterocycles. The van der Waals surface area contributed by atoms with Crippen molar-refractivity contribution in [3.8, 4) is 11.5 Å². The second-order valence-corrected chi connectivity index (χ2v) is 8.63. The summed E-state index contributed by atoms with van der Waals surface area (Å²) < 4.78 is 12.4. The Bertz CT molecular complexity index is 1020. The molecule has 156 valence electrons. The van der Waals surface area contributed by atoms with Gasteiger partial charge in [0, 0.05) is 4.47 Å². The van der Waals surface area contributed by atoms with Crippen LogP contribution in [0.1, 0.15) is 18.9 Å². The molecule has 1 saturated heterocycles. The van der Waals surface area contributed by atoms with Gasteiger partial charge in [-0.2, -0.15) is 0 Å². The van der Waals surface area contributed by atoms with Gasteiger partial charge in [0.25, 0.3) is 5.91 Å². The van der Waals surface area contributed by atoms with Crippen molar-refractivity contribution in [2.24, 2.45) is 0 Å². The highest BCUT2D eigenvalue weighted by Gasteiger charge is 2.34. The number of ether oxygens (including phenoxy) is 2. The molecular weight excluding hydrogens is 490 g/mol. The molecule has 2 aromatic carbocycles. The van der Waals surface area contributed by atoms with E-state index >= 15 is 0 Å². The molecule has 9 heteroatoms. The number of para-hydroxylation sites is 1. The van der Waals surface area contributed by atoms with E-state index in [1.165, 1.54) is 16.7 Å². The summed E-state index contributed by atoms with van der Waals surface area (Å²) in [6.07, 6.45) is 1.64. The predicted molar refractivity (Wildman–Crippen MR) is 125 cm³/mol. The highest BCUT2D eigenvalue weighted by atomic mass is 79.9. The van der Waals surface area contributed by atoms with Crippen molar-refractivity contribution in [3.63, 3.8) is 0 Å². The van der Waals surface area contributed by atoms with Crippen LogP contribution in [0.5, 0.6) is 11.5 Å². The molecule has 0 bridgehead atoms. The summed E-state index contributed by atoms with van der Waals surface area (Å²) in [4.78, 5) is 25.7. The van der Waals surface area contributed by atoms with Crippen molar-refractivity contribution >= 4 is 67.9 Å².